The Balaban J connectivity index is 2.44. The number of anilines is 1. The summed E-state index contributed by atoms with van der Waals surface area (Å²) in [5.41, 5.74) is 1.62. The van der Waals surface area contributed by atoms with Gasteiger partial charge in [0.25, 0.3) is 0 Å². The summed E-state index contributed by atoms with van der Waals surface area (Å²) < 4.78 is 29.8. The Morgan fingerprint density at radius 3 is 2.25 bits per heavy atom. The van der Waals surface area contributed by atoms with E-state index in [4.69, 9.17) is 13.8 Å². The van der Waals surface area contributed by atoms with Gasteiger partial charge in [0.2, 0.25) is 0 Å². The first-order valence-electron chi connectivity index (χ1n) is 7.97. The van der Waals surface area contributed by atoms with Crippen LogP contribution in [0.25, 0.3) is 0 Å². The predicted molar refractivity (Wildman–Crippen MR) is 96.7 cm³/mol. The lowest BCUT2D eigenvalue weighted by Crippen LogP contribution is -2.15. The van der Waals surface area contributed by atoms with E-state index in [9.17, 15) is 4.57 Å². The predicted octanol–water partition coefficient (Wildman–Crippen LogP) is 5.07. The van der Waals surface area contributed by atoms with E-state index >= 15 is 0 Å². The van der Waals surface area contributed by atoms with Gasteiger partial charge >= 0.3 is 7.60 Å². The van der Waals surface area contributed by atoms with E-state index in [1.807, 2.05) is 54.6 Å². The van der Waals surface area contributed by atoms with E-state index in [0.717, 1.165) is 11.3 Å². The lowest BCUT2D eigenvalue weighted by atomic mass is 10.2. The Bertz CT molecular complexity index is 668. The highest BCUT2D eigenvalue weighted by atomic mass is 31.2. The van der Waals surface area contributed by atoms with Gasteiger partial charge in [0, 0.05) is 5.69 Å². The fourth-order valence-electron chi connectivity index (χ4n) is 2.40. The summed E-state index contributed by atoms with van der Waals surface area (Å²) in [6.45, 7) is 4.20. The molecular formula is C18H24NO4P. The summed E-state index contributed by atoms with van der Waals surface area (Å²) in [7, 11) is -1.81. The molecular weight excluding hydrogens is 325 g/mol. The third-order valence-electron chi connectivity index (χ3n) is 3.42. The van der Waals surface area contributed by atoms with Crippen LogP contribution in [0.15, 0.2) is 54.6 Å². The van der Waals surface area contributed by atoms with Crippen LogP contribution in [0, 0.1) is 0 Å². The van der Waals surface area contributed by atoms with Gasteiger partial charge in [0.1, 0.15) is 5.75 Å². The molecule has 0 radical (unpaired) electrons. The Labute approximate surface area is 143 Å². The quantitative estimate of drug-likeness (QED) is 0.640. The fourth-order valence-corrected chi connectivity index (χ4v) is 4.32. The van der Waals surface area contributed by atoms with Gasteiger partial charge in [-0.2, -0.15) is 0 Å². The monoisotopic (exact) mass is 349 g/mol. The maximum Gasteiger partial charge on any atom is 0.357 e. The molecule has 0 aliphatic carbocycles. The Morgan fingerprint density at radius 2 is 1.67 bits per heavy atom. The smallest absolute Gasteiger partial charge is 0.357 e. The molecule has 0 saturated heterocycles. The molecule has 0 heterocycles. The van der Waals surface area contributed by atoms with Crippen LogP contribution < -0.4 is 10.1 Å². The molecule has 24 heavy (non-hydrogen) atoms. The largest absolute Gasteiger partial charge is 0.497 e. The second-order valence-corrected chi connectivity index (χ2v) is 7.18. The lowest BCUT2D eigenvalue weighted by molar-refractivity contribution is 0.214. The van der Waals surface area contributed by atoms with Gasteiger partial charge < -0.3 is 19.1 Å². The number of para-hydroxylation sites is 1. The van der Waals surface area contributed by atoms with Crippen LogP contribution in [0.2, 0.25) is 0 Å². The van der Waals surface area contributed by atoms with E-state index in [1.54, 1.807) is 21.0 Å². The van der Waals surface area contributed by atoms with Crippen molar-refractivity contribution >= 4 is 13.3 Å². The van der Waals surface area contributed by atoms with E-state index in [-0.39, 0.29) is 0 Å². The van der Waals surface area contributed by atoms with Crippen LogP contribution in [0.1, 0.15) is 25.2 Å². The minimum absolute atomic E-state index is 0.300. The highest BCUT2D eigenvalue weighted by Gasteiger charge is 2.37. The second kappa shape index (κ2) is 8.88. The summed E-state index contributed by atoms with van der Waals surface area (Å²) in [5, 5.41) is 3.29. The Hall–Kier alpha value is -1.81. The molecule has 0 aliphatic rings. The highest BCUT2D eigenvalue weighted by Crippen LogP contribution is 2.60. The van der Waals surface area contributed by atoms with Crippen molar-refractivity contribution in [3.05, 3.63) is 60.2 Å². The number of nitrogens with one attached hydrogen (secondary N) is 1. The van der Waals surface area contributed by atoms with Gasteiger partial charge in [0.05, 0.1) is 20.3 Å². The fraction of sp³-hybridized carbons (Fsp3) is 0.333. The molecule has 0 saturated carbocycles. The second-order valence-electron chi connectivity index (χ2n) is 5.06. The summed E-state index contributed by atoms with van der Waals surface area (Å²) >= 11 is 0. The maximum atomic E-state index is 13.4. The van der Waals surface area contributed by atoms with Crippen molar-refractivity contribution in [2.45, 2.75) is 19.6 Å². The number of hydrogen-bond acceptors (Lipinski definition) is 5. The van der Waals surface area contributed by atoms with Crippen molar-refractivity contribution in [2.24, 2.45) is 0 Å². The normalized spacial score (nSPS) is 12.6. The zero-order valence-corrected chi connectivity index (χ0v) is 15.2. The first-order chi connectivity index (χ1) is 11.6. The minimum atomic E-state index is -3.41. The molecule has 1 N–H and O–H groups in total. The van der Waals surface area contributed by atoms with Crippen LogP contribution in [0.3, 0.4) is 0 Å². The lowest BCUT2D eigenvalue weighted by Gasteiger charge is -2.28. The minimum Gasteiger partial charge on any atom is -0.497 e. The molecule has 1 atom stereocenters. The highest BCUT2D eigenvalue weighted by molar-refractivity contribution is 7.54. The van der Waals surface area contributed by atoms with Crippen LogP contribution in [0.4, 0.5) is 5.69 Å². The third kappa shape index (κ3) is 4.60. The van der Waals surface area contributed by atoms with Gasteiger partial charge in [0.15, 0.2) is 5.78 Å². The zero-order valence-electron chi connectivity index (χ0n) is 14.3. The number of rotatable bonds is 9. The van der Waals surface area contributed by atoms with Gasteiger partial charge in [-0.25, -0.2) is 0 Å². The standard InChI is InChI=1S/C18H24NO4P/c1-4-22-24(20,23-5-2)18(19-16-11-7-6-8-12-16)15-10-9-13-17(14-15)21-3/h6-14,18-19H,4-5H2,1-3H3. The molecule has 0 aromatic heterocycles. The molecule has 130 valence electrons. The summed E-state index contributed by atoms with van der Waals surface area (Å²) in [6.07, 6.45) is 0. The number of methoxy groups -OCH3 is 1. The first-order valence-corrected chi connectivity index (χ1v) is 9.58. The van der Waals surface area contributed by atoms with Gasteiger partial charge in [-0.05, 0) is 43.7 Å². The molecule has 6 heteroatoms. The molecule has 0 amide bonds. The van der Waals surface area contributed by atoms with Crippen LogP contribution in [-0.4, -0.2) is 20.3 Å². The van der Waals surface area contributed by atoms with Crippen molar-refractivity contribution < 1.29 is 18.3 Å². The zero-order chi connectivity index (χ0) is 17.4. The topological polar surface area (TPSA) is 56.8 Å². The average Bonchev–Trinajstić information content (AvgIpc) is 2.61. The van der Waals surface area contributed by atoms with E-state index in [0.29, 0.717) is 19.0 Å². The van der Waals surface area contributed by atoms with Crippen molar-refractivity contribution in [2.75, 3.05) is 25.6 Å². The van der Waals surface area contributed by atoms with E-state index < -0.39 is 13.4 Å². The maximum absolute atomic E-state index is 13.4. The first kappa shape index (κ1) is 18.5. The van der Waals surface area contributed by atoms with Crippen molar-refractivity contribution in [3.63, 3.8) is 0 Å². The van der Waals surface area contributed by atoms with Crippen LogP contribution >= 0.6 is 7.60 Å². The molecule has 0 fully saturated rings. The molecule has 2 aromatic rings. The molecule has 5 nitrogen and oxygen atoms in total. The van der Waals surface area contributed by atoms with Gasteiger partial charge in [-0.1, -0.05) is 30.3 Å². The summed E-state index contributed by atoms with van der Waals surface area (Å²) in [5.74, 6) is 0.0572. The SMILES string of the molecule is CCOP(=O)(OCC)C(Nc1ccccc1)c1cccc(OC)c1. The van der Waals surface area contributed by atoms with Gasteiger partial charge in [-0.3, -0.25) is 4.57 Å². The van der Waals surface area contributed by atoms with Crippen LogP contribution in [0.5, 0.6) is 5.75 Å². The average molecular weight is 349 g/mol. The Morgan fingerprint density at radius 1 is 1.00 bits per heavy atom. The molecule has 0 spiro atoms. The van der Waals surface area contributed by atoms with E-state index in [1.165, 1.54) is 0 Å². The number of ether oxygens (including phenoxy) is 1. The van der Waals surface area contributed by atoms with Gasteiger partial charge in [-0.15, -0.1) is 0 Å². The van der Waals surface area contributed by atoms with Crippen LogP contribution in [-0.2, 0) is 13.6 Å². The number of benzene rings is 2. The Kier molecular flexibility index (Phi) is 6.85. The van der Waals surface area contributed by atoms with Crippen molar-refractivity contribution in [1.82, 2.24) is 0 Å². The molecule has 0 bridgehead atoms. The molecule has 1 unspecified atom stereocenters. The number of hydrogen-bond donors (Lipinski definition) is 1. The van der Waals surface area contributed by atoms with Crippen molar-refractivity contribution in [1.29, 1.82) is 0 Å². The van der Waals surface area contributed by atoms with Crippen molar-refractivity contribution in [3.8, 4) is 5.75 Å². The molecule has 2 rings (SSSR count). The molecule has 0 aliphatic heterocycles. The van der Waals surface area contributed by atoms with E-state index in [2.05, 4.69) is 5.32 Å². The molecule has 2 aromatic carbocycles. The summed E-state index contributed by atoms with van der Waals surface area (Å²) in [4.78, 5) is 0. The summed E-state index contributed by atoms with van der Waals surface area (Å²) in [6, 6.07) is 17.0. The third-order valence-corrected chi connectivity index (χ3v) is 5.72.